The van der Waals surface area contributed by atoms with Crippen molar-refractivity contribution in [3.05, 3.63) is 15.9 Å². The average Bonchev–Trinajstić information content (AvgIpc) is 3.08. The van der Waals surface area contributed by atoms with Crippen LogP contribution in [0.3, 0.4) is 0 Å². The molecule has 0 radical (unpaired) electrons. The van der Waals surface area contributed by atoms with Gasteiger partial charge in [0.25, 0.3) is 0 Å². The van der Waals surface area contributed by atoms with E-state index in [9.17, 15) is 0 Å². The highest BCUT2D eigenvalue weighted by atomic mass is 79.9. The lowest BCUT2D eigenvalue weighted by molar-refractivity contribution is 0.251. The second-order valence-electron chi connectivity index (χ2n) is 5.60. The third-order valence-electron chi connectivity index (χ3n) is 4.19. The Kier molecular flexibility index (Phi) is 6.05. The Balaban J connectivity index is 1.88. The quantitative estimate of drug-likeness (QED) is 0.827. The molecule has 20 heavy (non-hydrogen) atoms. The van der Waals surface area contributed by atoms with E-state index in [-0.39, 0.29) is 0 Å². The van der Waals surface area contributed by atoms with Crippen LogP contribution in [0, 0.1) is 0 Å². The van der Waals surface area contributed by atoms with Gasteiger partial charge < -0.3 is 5.32 Å². The molecular weight excluding hydrogens is 316 g/mol. The molecule has 0 aliphatic carbocycles. The molecule has 0 aromatic carbocycles. The zero-order valence-corrected chi connectivity index (χ0v) is 14.5. The SMILES string of the molecule is CCc1nn(CC)c(CNCC(C)N2CCCC2)c1Br. The van der Waals surface area contributed by atoms with Crippen molar-refractivity contribution in [2.75, 3.05) is 19.6 Å². The van der Waals surface area contributed by atoms with E-state index < -0.39 is 0 Å². The lowest BCUT2D eigenvalue weighted by Gasteiger charge is -2.24. The largest absolute Gasteiger partial charge is 0.310 e. The molecule has 1 aromatic heterocycles. The molecule has 0 amide bonds. The fourth-order valence-corrected chi connectivity index (χ4v) is 3.60. The van der Waals surface area contributed by atoms with Crippen molar-refractivity contribution >= 4 is 15.9 Å². The van der Waals surface area contributed by atoms with Crippen LogP contribution >= 0.6 is 15.9 Å². The van der Waals surface area contributed by atoms with Gasteiger partial charge in [0.05, 0.1) is 15.9 Å². The zero-order chi connectivity index (χ0) is 14.5. The number of hydrogen-bond donors (Lipinski definition) is 1. The highest BCUT2D eigenvalue weighted by molar-refractivity contribution is 9.10. The van der Waals surface area contributed by atoms with Crippen molar-refractivity contribution in [2.24, 2.45) is 0 Å². The number of rotatable bonds is 7. The lowest BCUT2D eigenvalue weighted by Crippen LogP contribution is -2.38. The summed E-state index contributed by atoms with van der Waals surface area (Å²) in [4.78, 5) is 2.58. The summed E-state index contributed by atoms with van der Waals surface area (Å²) in [5.74, 6) is 0. The number of halogens is 1. The van der Waals surface area contributed by atoms with Crippen molar-refractivity contribution in [1.82, 2.24) is 20.0 Å². The van der Waals surface area contributed by atoms with E-state index in [2.05, 4.69) is 56.7 Å². The first-order chi connectivity index (χ1) is 9.67. The van der Waals surface area contributed by atoms with Crippen LogP contribution in [0.15, 0.2) is 4.47 Å². The van der Waals surface area contributed by atoms with Gasteiger partial charge in [0.2, 0.25) is 0 Å². The standard InChI is InChI=1S/C15H27BrN4/c1-4-13-15(16)14(20(5-2)18-13)11-17-10-12(3)19-8-6-7-9-19/h12,17H,4-11H2,1-3H3. The van der Waals surface area contributed by atoms with Crippen molar-refractivity contribution in [1.29, 1.82) is 0 Å². The summed E-state index contributed by atoms with van der Waals surface area (Å²) in [7, 11) is 0. The molecule has 2 heterocycles. The van der Waals surface area contributed by atoms with Crippen molar-refractivity contribution in [2.45, 2.75) is 59.2 Å². The van der Waals surface area contributed by atoms with Gasteiger partial charge in [-0.05, 0) is 62.1 Å². The maximum atomic E-state index is 4.64. The van der Waals surface area contributed by atoms with E-state index in [0.29, 0.717) is 6.04 Å². The number of nitrogens with one attached hydrogen (secondary N) is 1. The maximum absolute atomic E-state index is 4.64. The van der Waals surface area contributed by atoms with Crippen LogP contribution in [-0.2, 0) is 19.5 Å². The highest BCUT2D eigenvalue weighted by Crippen LogP contribution is 2.22. The van der Waals surface area contributed by atoms with Crippen molar-refractivity contribution in [3.63, 3.8) is 0 Å². The van der Waals surface area contributed by atoms with Crippen LogP contribution in [-0.4, -0.2) is 40.4 Å². The number of aromatic nitrogens is 2. The van der Waals surface area contributed by atoms with Crippen LogP contribution in [0.1, 0.15) is 45.0 Å². The molecule has 5 heteroatoms. The first-order valence-electron chi connectivity index (χ1n) is 7.86. The minimum absolute atomic E-state index is 0.625. The molecule has 1 unspecified atom stereocenters. The fraction of sp³-hybridized carbons (Fsp3) is 0.800. The molecule has 114 valence electrons. The molecule has 0 bridgehead atoms. The summed E-state index contributed by atoms with van der Waals surface area (Å²) in [6.45, 7) is 12.0. The molecule has 2 rings (SSSR count). The minimum atomic E-state index is 0.625. The van der Waals surface area contributed by atoms with Gasteiger partial charge in [-0.25, -0.2) is 0 Å². The molecule has 1 saturated heterocycles. The Morgan fingerprint density at radius 3 is 2.60 bits per heavy atom. The fourth-order valence-electron chi connectivity index (χ4n) is 2.90. The summed E-state index contributed by atoms with van der Waals surface area (Å²) in [5.41, 5.74) is 2.44. The van der Waals surface area contributed by atoms with Crippen LogP contribution < -0.4 is 5.32 Å². The number of aryl methyl sites for hydroxylation is 2. The molecule has 1 atom stereocenters. The molecule has 1 aliphatic heterocycles. The molecule has 4 nitrogen and oxygen atoms in total. The van der Waals surface area contributed by atoms with E-state index in [1.807, 2.05) is 0 Å². The summed E-state index contributed by atoms with van der Waals surface area (Å²) in [5, 5.41) is 8.24. The van der Waals surface area contributed by atoms with Crippen LogP contribution in [0.4, 0.5) is 0 Å². The molecule has 1 fully saturated rings. The van der Waals surface area contributed by atoms with E-state index in [1.165, 1.54) is 36.1 Å². The second-order valence-corrected chi connectivity index (χ2v) is 6.39. The average molecular weight is 343 g/mol. The third-order valence-corrected chi connectivity index (χ3v) is 5.11. The first-order valence-corrected chi connectivity index (χ1v) is 8.65. The predicted octanol–water partition coefficient (Wildman–Crippen LogP) is 2.80. The van der Waals surface area contributed by atoms with Crippen LogP contribution in [0.5, 0.6) is 0 Å². The molecule has 0 spiro atoms. The van der Waals surface area contributed by atoms with E-state index >= 15 is 0 Å². The Bertz CT molecular complexity index is 424. The minimum Gasteiger partial charge on any atom is -0.310 e. The summed E-state index contributed by atoms with van der Waals surface area (Å²) in [6.07, 6.45) is 3.70. The normalized spacial score (nSPS) is 17.8. The summed E-state index contributed by atoms with van der Waals surface area (Å²) >= 11 is 3.70. The van der Waals surface area contributed by atoms with Gasteiger partial charge >= 0.3 is 0 Å². The van der Waals surface area contributed by atoms with Crippen LogP contribution in [0.25, 0.3) is 0 Å². The maximum Gasteiger partial charge on any atom is 0.0767 e. The van der Waals surface area contributed by atoms with E-state index in [0.717, 1.165) is 31.7 Å². The first kappa shape index (κ1) is 16.0. The Hall–Kier alpha value is -0.390. The van der Waals surface area contributed by atoms with Gasteiger partial charge in [-0.15, -0.1) is 0 Å². The molecule has 1 aromatic rings. The van der Waals surface area contributed by atoms with E-state index in [1.54, 1.807) is 0 Å². The van der Waals surface area contributed by atoms with Crippen molar-refractivity contribution in [3.8, 4) is 0 Å². The van der Waals surface area contributed by atoms with Gasteiger partial charge in [-0.3, -0.25) is 9.58 Å². The van der Waals surface area contributed by atoms with Gasteiger partial charge in [0, 0.05) is 25.7 Å². The Labute approximate surface area is 131 Å². The second kappa shape index (κ2) is 7.57. The zero-order valence-electron chi connectivity index (χ0n) is 13.0. The third kappa shape index (κ3) is 3.62. The molecule has 1 N–H and O–H groups in total. The van der Waals surface area contributed by atoms with E-state index in [4.69, 9.17) is 0 Å². The Morgan fingerprint density at radius 1 is 1.30 bits per heavy atom. The molecule has 1 aliphatic rings. The highest BCUT2D eigenvalue weighted by Gasteiger charge is 2.18. The molecule has 0 saturated carbocycles. The van der Waals surface area contributed by atoms with Gasteiger partial charge in [0.1, 0.15) is 0 Å². The monoisotopic (exact) mass is 342 g/mol. The summed E-state index contributed by atoms with van der Waals surface area (Å²) in [6, 6.07) is 0.625. The van der Waals surface area contributed by atoms with Gasteiger partial charge in [-0.2, -0.15) is 5.10 Å². The topological polar surface area (TPSA) is 33.1 Å². The Morgan fingerprint density at radius 2 is 2.00 bits per heavy atom. The van der Waals surface area contributed by atoms with Gasteiger partial charge in [-0.1, -0.05) is 6.92 Å². The molecular formula is C15H27BrN4. The van der Waals surface area contributed by atoms with Gasteiger partial charge in [0.15, 0.2) is 0 Å². The smallest absolute Gasteiger partial charge is 0.0767 e. The predicted molar refractivity (Wildman–Crippen MR) is 87.0 cm³/mol. The number of hydrogen-bond acceptors (Lipinski definition) is 3. The number of nitrogens with zero attached hydrogens (tertiary/aromatic N) is 3. The lowest BCUT2D eigenvalue weighted by atomic mass is 10.2. The number of likely N-dealkylation sites (tertiary alicyclic amines) is 1. The van der Waals surface area contributed by atoms with Crippen LogP contribution in [0.2, 0.25) is 0 Å². The summed E-state index contributed by atoms with van der Waals surface area (Å²) < 4.78 is 3.29. The van der Waals surface area contributed by atoms with Crippen molar-refractivity contribution < 1.29 is 0 Å².